The lowest BCUT2D eigenvalue weighted by molar-refractivity contribution is -0.143. The Morgan fingerprint density at radius 3 is 1.85 bits per heavy atom. The van der Waals surface area contributed by atoms with Crippen LogP contribution < -0.4 is 10.2 Å². The molecule has 1 heterocycles. The molecule has 0 spiro atoms. The monoisotopic (exact) mass is 714 g/mol. The number of halogens is 9. The number of rotatable bonds is 7. The van der Waals surface area contributed by atoms with Crippen LogP contribution >= 0.6 is 0 Å². The third-order valence-corrected chi connectivity index (χ3v) is 8.72. The van der Waals surface area contributed by atoms with Crippen LogP contribution in [0.15, 0.2) is 65.6 Å². The van der Waals surface area contributed by atoms with Gasteiger partial charge in [0.2, 0.25) is 0 Å². The molecule has 1 aliphatic rings. The van der Waals surface area contributed by atoms with Crippen LogP contribution in [0.25, 0.3) is 0 Å². The predicted molar refractivity (Wildman–Crippen MR) is 157 cm³/mol. The lowest BCUT2D eigenvalue weighted by Gasteiger charge is -2.39. The molecule has 3 aromatic rings. The van der Waals surface area contributed by atoms with E-state index in [0.29, 0.717) is 18.2 Å². The second kappa shape index (κ2) is 14.7. The first-order valence-corrected chi connectivity index (χ1v) is 15.7. The molecule has 17 heteroatoms. The van der Waals surface area contributed by atoms with E-state index in [1.54, 1.807) is 38.1 Å². The maximum Gasteiger partial charge on any atom is 0.416 e. The summed E-state index contributed by atoms with van der Waals surface area (Å²) in [7, 11) is -3.53. The van der Waals surface area contributed by atoms with Crippen LogP contribution in [0.1, 0.15) is 66.1 Å². The van der Waals surface area contributed by atoms with Crippen molar-refractivity contribution in [1.29, 1.82) is 0 Å². The van der Waals surface area contributed by atoms with Gasteiger partial charge in [0.25, 0.3) is 10.1 Å². The van der Waals surface area contributed by atoms with Crippen molar-refractivity contribution in [3.05, 3.63) is 94.0 Å². The van der Waals surface area contributed by atoms with Gasteiger partial charge in [0.1, 0.15) is 0 Å². The van der Waals surface area contributed by atoms with Gasteiger partial charge in [-0.25, -0.2) is 4.79 Å². The number of hydrogen-bond acceptors (Lipinski definition) is 5. The quantitative estimate of drug-likeness (QED) is 0.188. The second-order valence-electron chi connectivity index (χ2n) is 10.7. The molecule has 7 nitrogen and oxygen atoms in total. The summed E-state index contributed by atoms with van der Waals surface area (Å²) in [6, 6.07) is 8.41. The zero-order valence-electron chi connectivity index (χ0n) is 25.6. The Morgan fingerprint density at radius 1 is 0.854 bits per heavy atom. The summed E-state index contributed by atoms with van der Waals surface area (Å²) in [5.41, 5.74) is -3.57. The zero-order valence-corrected chi connectivity index (χ0v) is 26.4. The van der Waals surface area contributed by atoms with Gasteiger partial charge >= 0.3 is 24.6 Å². The van der Waals surface area contributed by atoms with Gasteiger partial charge in [0.05, 0.1) is 33.9 Å². The number of nitrogens with one attached hydrogen (secondary N) is 1. The van der Waals surface area contributed by atoms with Gasteiger partial charge in [-0.1, -0.05) is 24.6 Å². The lowest BCUT2D eigenvalue weighted by Crippen LogP contribution is -2.46. The summed E-state index contributed by atoms with van der Waals surface area (Å²) in [6.07, 6.45) is -16.0. The maximum absolute atomic E-state index is 13.3. The fourth-order valence-electron chi connectivity index (χ4n) is 5.02. The van der Waals surface area contributed by atoms with Gasteiger partial charge < -0.3 is 10.4 Å². The average Bonchev–Trinajstić information content (AvgIpc) is 2.98. The SMILES string of the molecule is CCOS(=O)(=O)c1ccc(C)cc1.CC[C@@H]1C[C@H](NCc2cc(C(F)(F)F)cc(C(F)(F)F)c2)c2cc(C(F)(F)F)ccc2N1C(=O)O. The van der Waals surface area contributed by atoms with Crippen molar-refractivity contribution < 1.29 is 62.0 Å². The molecule has 0 unspecified atom stereocenters. The number of hydrogen-bond donors (Lipinski definition) is 2. The molecule has 3 aromatic carbocycles. The molecule has 264 valence electrons. The fourth-order valence-corrected chi connectivity index (χ4v) is 5.94. The number of nitrogens with zero attached hydrogens (tertiary/aromatic N) is 1. The minimum Gasteiger partial charge on any atom is -0.465 e. The molecule has 0 saturated carbocycles. The van der Waals surface area contributed by atoms with E-state index >= 15 is 0 Å². The molecule has 0 radical (unpaired) electrons. The van der Waals surface area contributed by atoms with E-state index in [-0.39, 0.29) is 47.2 Å². The number of fused-ring (bicyclic) bond motifs is 1. The first-order valence-electron chi connectivity index (χ1n) is 14.3. The molecule has 0 aliphatic carbocycles. The molecule has 1 aliphatic heterocycles. The summed E-state index contributed by atoms with van der Waals surface area (Å²) in [5.74, 6) is 0. The zero-order chi connectivity index (χ0) is 36.2. The molecular weight excluding hydrogens is 683 g/mol. The van der Waals surface area contributed by atoms with Crippen molar-refractivity contribution in [2.45, 2.75) is 75.7 Å². The van der Waals surface area contributed by atoms with Crippen molar-refractivity contribution in [2.75, 3.05) is 11.5 Å². The van der Waals surface area contributed by atoms with E-state index in [1.165, 1.54) is 0 Å². The maximum atomic E-state index is 13.3. The van der Waals surface area contributed by atoms with E-state index in [0.717, 1.165) is 22.6 Å². The minimum atomic E-state index is -5.05. The van der Waals surface area contributed by atoms with Crippen LogP contribution in [0.2, 0.25) is 0 Å². The van der Waals surface area contributed by atoms with Crippen molar-refractivity contribution in [2.24, 2.45) is 0 Å². The molecule has 48 heavy (non-hydrogen) atoms. The highest BCUT2D eigenvalue weighted by molar-refractivity contribution is 7.86. The van der Waals surface area contributed by atoms with Crippen LogP contribution in [0.4, 0.5) is 50.0 Å². The first kappa shape index (κ1) is 38.6. The molecule has 0 aromatic heterocycles. The van der Waals surface area contributed by atoms with Crippen LogP contribution in [0.5, 0.6) is 0 Å². The Bertz CT molecular complexity index is 1660. The normalized spacial score (nSPS) is 17.0. The van der Waals surface area contributed by atoms with Gasteiger partial charge in [-0.3, -0.25) is 9.08 Å². The van der Waals surface area contributed by atoms with Crippen molar-refractivity contribution in [3.63, 3.8) is 0 Å². The van der Waals surface area contributed by atoms with E-state index < -0.39 is 70.1 Å². The highest BCUT2D eigenvalue weighted by atomic mass is 32.2. The number of aryl methyl sites for hydroxylation is 1. The summed E-state index contributed by atoms with van der Waals surface area (Å²) in [5, 5.41) is 12.3. The standard InChI is InChI=1S/C22H19F9N2O2.C9H12O3S/c1-2-15-9-17(16-8-12(20(23,24)25)3-4-18(16)33(15)19(34)35)32-10-11-5-13(21(26,27)28)7-14(6-11)22(29,30)31;1-3-12-13(10,11)9-6-4-8(2)5-7-9/h3-8,15,17,32H,2,9-10H2,1H3,(H,34,35);4-7H,3H2,1-2H3/t15-,17+;/m1./s1. The van der Waals surface area contributed by atoms with Crippen LogP contribution in [-0.2, 0) is 39.4 Å². The lowest BCUT2D eigenvalue weighted by atomic mass is 9.88. The van der Waals surface area contributed by atoms with E-state index in [9.17, 15) is 57.8 Å². The summed E-state index contributed by atoms with van der Waals surface area (Å²) >= 11 is 0. The largest absolute Gasteiger partial charge is 0.465 e. The van der Waals surface area contributed by atoms with E-state index in [1.807, 2.05) is 6.92 Å². The molecule has 0 bridgehead atoms. The third kappa shape index (κ3) is 9.63. The summed E-state index contributed by atoms with van der Waals surface area (Å²) in [4.78, 5) is 12.9. The number of amides is 1. The second-order valence-corrected chi connectivity index (χ2v) is 12.4. The van der Waals surface area contributed by atoms with Gasteiger partial charge in [-0.15, -0.1) is 0 Å². The Hall–Kier alpha value is -3.83. The van der Waals surface area contributed by atoms with E-state index in [2.05, 4.69) is 9.50 Å². The molecule has 0 saturated heterocycles. The number of alkyl halides is 9. The van der Waals surface area contributed by atoms with Crippen molar-refractivity contribution in [3.8, 4) is 0 Å². The van der Waals surface area contributed by atoms with Crippen LogP contribution in [-0.4, -0.2) is 32.3 Å². The highest BCUT2D eigenvalue weighted by Crippen LogP contribution is 2.42. The molecule has 2 N–H and O–H groups in total. The third-order valence-electron chi connectivity index (χ3n) is 7.32. The molecule has 1 amide bonds. The number of anilines is 1. The summed E-state index contributed by atoms with van der Waals surface area (Å²) in [6.45, 7) is 4.82. The van der Waals surface area contributed by atoms with Gasteiger partial charge in [-0.2, -0.15) is 47.9 Å². The predicted octanol–water partition coefficient (Wildman–Crippen LogP) is 8.96. The Kier molecular flexibility index (Phi) is 11.9. The van der Waals surface area contributed by atoms with Crippen molar-refractivity contribution in [1.82, 2.24) is 5.32 Å². The fraction of sp³-hybridized carbons (Fsp3) is 0.387. The molecule has 0 fully saturated rings. The smallest absolute Gasteiger partial charge is 0.416 e. The summed E-state index contributed by atoms with van der Waals surface area (Å²) < 4.78 is 146. The topological polar surface area (TPSA) is 95.9 Å². The number of carbonyl (C=O) groups is 1. The van der Waals surface area contributed by atoms with Crippen molar-refractivity contribution >= 4 is 21.9 Å². The Labute approximate surface area is 270 Å². The molecule has 2 atom stereocenters. The number of benzene rings is 3. The highest BCUT2D eigenvalue weighted by Gasteiger charge is 2.39. The number of carboxylic acid groups (broad SMARTS) is 1. The Balaban J connectivity index is 0.000000402. The van der Waals surface area contributed by atoms with Gasteiger partial charge in [0, 0.05) is 18.6 Å². The first-order chi connectivity index (χ1) is 22.1. The average molecular weight is 715 g/mol. The Morgan fingerprint density at radius 2 is 1.40 bits per heavy atom. The van der Waals surface area contributed by atoms with Crippen LogP contribution in [0.3, 0.4) is 0 Å². The molecular formula is C31H31F9N2O5S. The molecule has 4 rings (SSSR count). The van der Waals surface area contributed by atoms with Gasteiger partial charge in [-0.05, 0) is 86.3 Å². The van der Waals surface area contributed by atoms with Gasteiger partial charge in [0.15, 0.2) is 0 Å². The minimum absolute atomic E-state index is 0.0210. The van der Waals surface area contributed by atoms with Crippen LogP contribution in [0, 0.1) is 6.92 Å². The van der Waals surface area contributed by atoms with E-state index in [4.69, 9.17) is 0 Å².